The quantitative estimate of drug-likeness (QED) is 0.918. The Balaban J connectivity index is 1.44. The zero-order valence-corrected chi connectivity index (χ0v) is 14.1. The zero-order valence-electron chi connectivity index (χ0n) is 14.1. The number of aromatic nitrogens is 2. The Bertz CT molecular complexity index is 803. The Kier molecular flexibility index (Phi) is 4.13. The van der Waals surface area contributed by atoms with Crippen LogP contribution in [0.1, 0.15) is 34.6 Å². The van der Waals surface area contributed by atoms with E-state index in [0.29, 0.717) is 23.6 Å². The summed E-state index contributed by atoms with van der Waals surface area (Å²) in [7, 11) is 0. The number of nitrogens with one attached hydrogen (secondary N) is 1. The van der Waals surface area contributed by atoms with Gasteiger partial charge in [-0.25, -0.2) is 9.97 Å². The highest BCUT2D eigenvalue weighted by Gasteiger charge is 2.18. The number of hydrogen-bond acceptors (Lipinski definition) is 6. The number of rotatable bonds is 4. The molecule has 2 aromatic rings. The lowest BCUT2D eigenvalue weighted by Gasteiger charge is -2.16. The van der Waals surface area contributed by atoms with Crippen molar-refractivity contribution in [1.82, 2.24) is 15.3 Å². The largest absolute Gasteiger partial charge is 0.454 e. The first kappa shape index (κ1) is 15.7. The van der Waals surface area contributed by atoms with Crippen LogP contribution in [-0.2, 0) is 6.54 Å². The first-order valence-electron chi connectivity index (χ1n) is 8.46. The van der Waals surface area contributed by atoms with Crippen LogP contribution in [-0.4, -0.2) is 35.8 Å². The van der Waals surface area contributed by atoms with Gasteiger partial charge in [0.1, 0.15) is 0 Å². The molecule has 25 heavy (non-hydrogen) atoms. The summed E-state index contributed by atoms with van der Waals surface area (Å²) in [6.45, 7) is 4.49. The number of aryl methyl sites for hydroxylation is 1. The standard InChI is InChI=1S/C18H20N4O3/c1-12-8-14(21-18(20-12)22-6-2-3-7-22)10-19-17(23)13-4-5-15-16(9-13)25-11-24-15/h4-5,8-9H,2-3,6-7,10-11H2,1H3,(H,19,23). The molecule has 0 saturated carbocycles. The molecule has 2 aliphatic rings. The van der Waals surface area contributed by atoms with Crippen LogP contribution in [0.25, 0.3) is 0 Å². The third-order valence-corrected chi connectivity index (χ3v) is 4.35. The van der Waals surface area contributed by atoms with Gasteiger partial charge >= 0.3 is 0 Å². The minimum Gasteiger partial charge on any atom is -0.454 e. The molecule has 7 heteroatoms. The van der Waals surface area contributed by atoms with Crippen LogP contribution >= 0.6 is 0 Å². The van der Waals surface area contributed by atoms with Gasteiger partial charge in [0.2, 0.25) is 12.7 Å². The van der Waals surface area contributed by atoms with E-state index in [1.807, 2.05) is 13.0 Å². The molecule has 0 spiro atoms. The van der Waals surface area contributed by atoms with Crippen LogP contribution < -0.4 is 19.7 Å². The van der Waals surface area contributed by atoms with Crippen molar-refractivity contribution in [3.8, 4) is 11.5 Å². The molecular formula is C18H20N4O3. The second-order valence-corrected chi connectivity index (χ2v) is 6.25. The number of carbonyl (C=O) groups excluding carboxylic acids is 1. The molecule has 4 rings (SSSR count). The highest BCUT2D eigenvalue weighted by atomic mass is 16.7. The highest BCUT2D eigenvalue weighted by Crippen LogP contribution is 2.32. The normalized spacial score (nSPS) is 15.5. The van der Waals surface area contributed by atoms with Gasteiger partial charge in [-0.05, 0) is 44.0 Å². The van der Waals surface area contributed by atoms with Crippen LogP contribution in [0, 0.1) is 6.92 Å². The summed E-state index contributed by atoms with van der Waals surface area (Å²) in [5, 5.41) is 2.91. The third-order valence-electron chi connectivity index (χ3n) is 4.35. The number of ether oxygens (including phenoxy) is 2. The molecule has 3 heterocycles. The first-order valence-corrected chi connectivity index (χ1v) is 8.46. The predicted molar refractivity (Wildman–Crippen MR) is 92.0 cm³/mol. The number of nitrogens with zero attached hydrogens (tertiary/aromatic N) is 3. The molecule has 1 aromatic carbocycles. The van der Waals surface area contributed by atoms with E-state index in [0.717, 1.165) is 30.4 Å². The predicted octanol–water partition coefficient (Wildman–Crippen LogP) is 2.04. The van der Waals surface area contributed by atoms with Crippen molar-refractivity contribution in [3.63, 3.8) is 0 Å². The fourth-order valence-corrected chi connectivity index (χ4v) is 3.08. The van der Waals surface area contributed by atoms with E-state index in [9.17, 15) is 4.79 Å². The number of anilines is 1. The number of carbonyl (C=O) groups is 1. The molecule has 7 nitrogen and oxygen atoms in total. The molecule has 2 aliphatic heterocycles. The molecule has 0 radical (unpaired) electrons. The molecule has 0 atom stereocenters. The van der Waals surface area contributed by atoms with Crippen LogP contribution in [0.3, 0.4) is 0 Å². The summed E-state index contributed by atoms with van der Waals surface area (Å²) in [5.41, 5.74) is 2.25. The van der Waals surface area contributed by atoms with E-state index in [2.05, 4.69) is 20.2 Å². The molecule has 1 aromatic heterocycles. The van der Waals surface area contributed by atoms with Crippen molar-refractivity contribution in [1.29, 1.82) is 0 Å². The van der Waals surface area contributed by atoms with Crippen LogP contribution in [0.2, 0.25) is 0 Å². The topological polar surface area (TPSA) is 76.6 Å². The van der Waals surface area contributed by atoms with Crippen molar-refractivity contribution < 1.29 is 14.3 Å². The molecule has 1 N–H and O–H groups in total. The van der Waals surface area contributed by atoms with Gasteiger partial charge in [-0.15, -0.1) is 0 Å². The molecule has 1 fully saturated rings. The third kappa shape index (κ3) is 3.35. The summed E-state index contributed by atoms with van der Waals surface area (Å²) in [6, 6.07) is 7.07. The highest BCUT2D eigenvalue weighted by molar-refractivity contribution is 5.94. The van der Waals surface area contributed by atoms with Gasteiger partial charge in [-0.3, -0.25) is 4.79 Å². The lowest BCUT2D eigenvalue weighted by atomic mass is 10.2. The fraction of sp³-hybridized carbons (Fsp3) is 0.389. The van der Waals surface area contributed by atoms with Gasteiger partial charge in [-0.1, -0.05) is 0 Å². The van der Waals surface area contributed by atoms with Gasteiger partial charge < -0.3 is 19.7 Å². The Morgan fingerprint density at radius 2 is 1.96 bits per heavy atom. The van der Waals surface area contributed by atoms with E-state index in [1.165, 1.54) is 12.8 Å². The second-order valence-electron chi connectivity index (χ2n) is 6.25. The van der Waals surface area contributed by atoms with E-state index in [1.54, 1.807) is 18.2 Å². The average molecular weight is 340 g/mol. The van der Waals surface area contributed by atoms with Gasteiger partial charge in [0.05, 0.1) is 12.2 Å². The van der Waals surface area contributed by atoms with Crippen LogP contribution in [0.5, 0.6) is 11.5 Å². The number of benzene rings is 1. The van der Waals surface area contributed by atoms with E-state index < -0.39 is 0 Å². The van der Waals surface area contributed by atoms with Crippen molar-refractivity contribution in [3.05, 3.63) is 41.2 Å². The zero-order chi connectivity index (χ0) is 17.2. The molecule has 1 amide bonds. The van der Waals surface area contributed by atoms with Crippen LogP contribution in [0.4, 0.5) is 5.95 Å². The summed E-state index contributed by atoms with van der Waals surface area (Å²) < 4.78 is 10.6. The fourth-order valence-electron chi connectivity index (χ4n) is 3.08. The van der Waals surface area contributed by atoms with E-state index in [-0.39, 0.29) is 12.7 Å². The average Bonchev–Trinajstić information content (AvgIpc) is 3.29. The number of hydrogen-bond donors (Lipinski definition) is 1. The maximum absolute atomic E-state index is 12.4. The van der Waals surface area contributed by atoms with Crippen molar-refractivity contribution in [2.45, 2.75) is 26.3 Å². The molecule has 1 saturated heterocycles. The molecular weight excluding hydrogens is 320 g/mol. The van der Waals surface area contributed by atoms with Gasteiger partial charge in [0.15, 0.2) is 11.5 Å². The van der Waals surface area contributed by atoms with Gasteiger partial charge in [-0.2, -0.15) is 0 Å². The Labute approximate surface area is 146 Å². The SMILES string of the molecule is Cc1cc(CNC(=O)c2ccc3c(c2)OCO3)nc(N2CCCC2)n1. The smallest absolute Gasteiger partial charge is 0.251 e. The Morgan fingerprint density at radius 1 is 1.16 bits per heavy atom. The van der Waals surface area contributed by atoms with Gasteiger partial charge in [0, 0.05) is 24.3 Å². The summed E-state index contributed by atoms with van der Waals surface area (Å²) in [5.74, 6) is 1.85. The lowest BCUT2D eigenvalue weighted by Crippen LogP contribution is -2.25. The monoisotopic (exact) mass is 340 g/mol. The maximum Gasteiger partial charge on any atom is 0.251 e. The summed E-state index contributed by atoms with van der Waals surface area (Å²) >= 11 is 0. The number of fused-ring (bicyclic) bond motifs is 1. The van der Waals surface area contributed by atoms with E-state index in [4.69, 9.17) is 9.47 Å². The van der Waals surface area contributed by atoms with Crippen molar-refractivity contribution >= 4 is 11.9 Å². The Hall–Kier alpha value is -2.83. The minimum absolute atomic E-state index is 0.169. The lowest BCUT2D eigenvalue weighted by molar-refractivity contribution is 0.0950. The second kappa shape index (κ2) is 6.58. The Morgan fingerprint density at radius 3 is 2.80 bits per heavy atom. The summed E-state index contributed by atoms with van der Waals surface area (Å²) in [4.78, 5) is 23.7. The molecule has 0 bridgehead atoms. The minimum atomic E-state index is -0.169. The maximum atomic E-state index is 12.4. The molecule has 130 valence electrons. The van der Waals surface area contributed by atoms with Crippen molar-refractivity contribution in [2.75, 3.05) is 24.8 Å². The van der Waals surface area contributed by atoms with Crippen molar-refractivity contribution in [2.24, 2.45) is 0 Å². The number of amides is 1. The summed E-state index contributed by atoms with van der Waals surface area (Å²) in [6.07, 6.45) is 2.35. The van der Waals surface area contributed by atoms with E-state index >= 15 is 0 Å². The van der Waals surface area contributed by atoms with Crippen LogP contribution in [0.15, 0.2) is 24.3 Å². The molecule has 0 aliphatic carbocycles. The van der Waals surface area contributed by atoms with Gasteiger partial charge in [0.25, 0.3) is 5.91 Å². The molecule has 0 unspecified atom stereocenters. The first-order chi connectivity index (χ1) is 12.2.